The van der Waals surface area contributed by atoms with Crippen LogP contribution in [-0.4, -0.2) is 57.9 Å². The van der Waals surface area contributed by atoms with Crippen molar-refractivity contribution < 1.29 is 27.3 Å². The van der Waals surface area contributed by atoms with Gasteiger partial charge in [-0.3, -0.25) is 14.9 Å². The Balaban J connectivity index is 1.57. The highest BCUT2D eigenvalue weighted by Crippen LogP contribution is 2.28. The maximum absolute atomic E-state index is 12.6. The number of hydrogen-bond donors (Lipinski definition) is 0. The summed E-state index contributed by atoms with van der Waals surface area (Å²) in [5.41, 5.74) is -0.619. The third kappa shape index (κ3) is 4.81. The lowest BCUT2D eigenvalue weighted by molar-refractivity contribution is -0.517. The first-order valence-electron chi connectivity index (χ1n) is 8.79. The molecular weight excluding hydrogens is 395 g/mol. The summed E-state index contributed by atoms with van der Waals surface area (Å²) in [5.74, 6) is 0.251. The van der Waals surface area contributed by atoms with Crippen LogP contribution in [0.3, 0.4) is 0 Å². The predicted molar refractivity (Wildman–Crippen MR) is 94.0 cm³/mol. The minimum absolute atomic E-state index is 0.0827. The van der Waals surface area contributed by atoms with E-state index in [9.17, 15) is 28.1 Å². The van der Waals surface area contributed by atoms with E-state index in [2.05, 4.69) is 9.97 Å². The molecule has 0 bridgehead atoms. The smallest absolute Gasteiger partial charge is 0.419 e. The number of rotatable bonds is 5. The monoisotopic (exact) mass is 413 g/mol. The van der Waals surface area contributed by atoms with Gasteiger partial charge in [-0.2, -0.15) is 13.2 Å². The van der Waals surface area contributed by atoms with E-state index < -0.39 is 22.7 Å². The van der Waals surface area contributed by atoms with Crippen molar-refractivity contribution in [2.24, 2.45) is 0 Å². The third-order valence-electron chi connectivity index (χ3n) is 4.57. The van der Waals surface area contributed by atoms with Crippen LogP contribution in [0.2, 0.25) is 0 Å². The Labute approximate surface area is 163 Å². The van der Waals surface area contributed by atoms with Crippen molar-refractivity contribution in [3.63, 3.8) is 0 Å². The second-order valence-electron chi connectivity index (χ2n) is 6.69. The number of aromatic nitrogens is 2. The molecule has 1 aliphatic heterocycles. The molecule has 0 radical (unpaired) electrons. The summed E-state index contributed by atoms with van der Waals surface area (Å²) in [7, 11) is 0. The van der Waals surface area contributed by atoms with Gasteiger partial charge in [0.25, 0.3) is 5.91 Å². The summed E-state index contributed by atoms with van der Waals surface area (Å²) >= 11 is 0. The van der Waals surface area contributed by atoms with E-state index in [1.54, 1.807) is 9.80 Å². The summed E-state index contributed by atoms with van der Waals surface area (Å²) in [6, 6.07) is 0.671. The highest BCUT2D eigenvalue weighted by atomic mass is 19.4. The van der Waals surface area contributed by atoms with Crippen molar-refractivity contribution in [2.45, 2.75) is 25.6 Å². The Morgan fingerprint density at radius 1 is 1.28 bits per heavy atom. The van der Waals surface area contributed by atoms with E-state index in [1.165, 1.54) is 19.3 Å². The molecule has 1 unspecified atom stereocenters. The Kier molecular flexibility index (Phi) is 5.71. The SMILES string of the molecule is CC(Cc1cc(C(=O)N2CCN(c3ncc(C(F)(F)F)cn3)CC2)co1)[N+](=O)[O-]. The normalized spacial score (nSPS) is 16.0. The van der Waals surface area contributed by atoms with Gasteiger partial charge >= 0.3 is 6.18 Å². The minimum atomic E-state index is -4.50. The molecule has 29 heavy (non-hydrogen) atoms. The van der Waals surface area contributed by atoms with Crippen LogP contribution in [0.5, 0.6) is 0 Å². The van der Waals surface area contributed by atoms with Crippen LogP contribution in [0.25, 0.3) is 0 Å². The van der Waals surface area contributed by atoms with Crippen molar-refractivity contribution in [3.8, 4) is 0 Å². The molecule has 1 atom stereocenters. The number of hydrogen-bond acceptors (Lipinski definition) is 7. The molecule has 0 spiro atoms. The number of amides is 1. The molecule has 1 aliphatic rings. The zero-order valence-corrected chi connectivity index (χ0v) is 15.4. The number of nitrogens with zero attached hydrogens (tertiary/aromatic N) is 5. The van der Waals surface area contributed by atoms with E-state index in [0.717, 1.165) is 12.4 Å². The predicted octanol–water partition coefficient (Wildman–Crippen LogP) is 2.26. The second-order valence-corrected chi connectivity index (χ2v) is 6.69. The fourth-order valence-corrected chi connectivity index (χ4v) is 2.89. The number of nitro groups is 1. The van der Waals surface area contributed by atoms with Crippen molar-refractivity contribution in [1.29, 1.82) is 0 Å². The fourth-order valence-electron chi connectivity index (χ4n) is 2.89. The van der Waals surface area contributed by atoms with E-state index >= 15 is 0 Å². The highest BCUT2D eigenvalue weighted by molar-refractivity contribution is 5.94. The van der Waals surface area contributed by atoms with Gasteiger partial charge in [-0.15, -0.1) is 0 Å². The van der Waals surface area contributed by atoms with Gasteiger partial charge < -0.3 is 14.2 Å². The largest absolute Gasteiger partial charge is 0.468 e. The fraction of sp³-hybridized carbons (Fsp3) is 0.471. The molecule has 12 heteroatoms. The van der Waals surface area contributed by atoms with Gasteiger partial charge in [0.05, 0.1) is 17.5 Å². The van der Waals surface area contributed by atoms with E-state index in [1.807, 2.05) is 0 Å². The Morgan fingerprint density at radius 2 is 1.90 bits per heavy atom. The van der Waals surface area contributed by atoms with Crippen LogP contribution < -0.4 is 4.90 Å². The molecule has 2 aromatic heterocycles. The molecule has 0 aromatic carbocycles. The minimum Gasteiger partial charge on any atom is -0.468 e. The quantitative estimate of drug-likeness (QED) is 0.547. The van der Waals surface area contributed by atoms with Gasteiger partial charge in [0, 0.05) is 50.4 Å². The summed E-state index contributed by atoms with van der Waals surface area (Å²) in [4.78, 5) is 33.7. The van der Waals surface area contributed by atoms with Crippen LogP contribution in [0.1, 0.15) is 28.6 Å². The molecule has 3 rings (SSSR count). The standard InChI is InChI=1S/C17H18F3N5O4/c1-11(25(27)28)6-14-7-12(10-29-14)15(26)23-2-4-24(5-3-23)16-21-8-13(9-22-16)17(18,19)20/h7-11H,2-6H2,1H3. The van der Waals surface area contributed by atoms with Crippen LogP contribution in [0.4, 0.5) is 19.1 Å². The van der Waals surface area contributed by atoms with Crippen molar-refractivity contribution in [1.82, 2.24) is 14.9 Å². The number of carbonyl (C=O) groups excluding carboxylic acids is 1. The summed E-state index contributed by atoms with van der Waals surface area (Å²) in [6.45, 7) is 2.83. The van der Waals surface area contributed by atoms with Crippen LogP contribution >= 0.6 is 0 Å². The molecule has 1 saturated heterocycles. The molecule has 156 valence electrons. The average molecular weight is 413 g/mol. The van der Waals surface area contributed by atoms with Crippen LogP contribution in [0.15, 0.2) is 29.1 Å². The number of piperazine rings is 1. The molecule has 9 nitrogen and oxygen atoms in total. The van der Waals surface area contributed by atoms with Gasteiger partial charge in [0.2, 0.25) is 12.0 Å². The zero-order chi connectivity index (χ0) is 21.2. The summed E-state index contributed by atoms with van der Waals surface area (Å²) < 4.78 is 43.0. The first kappa shape index (κ1) is 20.6. The summed E-state index contributed by atoms with van der Waals surface area (Å²) in [6.07, 6.45) is -1.67. The van der Waals surface area contributed by atoms with Gasteiger partial charge in [0.1, 0.15) is 12.0 Å². The zero-order valence-electron chi connectivity index (χ0n) is 15.4. The lowest BCUT2D eigenvalue weighted by Crippen LogP contribution is -2.49. The van der Waals surface area contributed by atoms with Crippen molar-refractivity contribution in [2.75, 3.05) is 31.1 Å². The average Bonchev–Trinajstić information content (AvgIpc) is 3.15. The lowest BCUT2D eigenvalue weighted by atomic mass is 10.2. The van der Waals surface area contributed by atoms with E-state index in [0.29, 0.717) is 37.5 Å². The van der Waals surface area contributed by atoms with E-state index in [4.69, 9.17) is 4.42 Å². The van der Waals surface area contributed by atoms with Gasteiger partial charge in [-0.05, 0) is 6.07 Å². The second kappa shape index (κ2) is 8.05. The van der Waals surface area contributed by atoms with E-state index in [-0.39, 0.29) is 18.3 Å². The molecule has 1 fully saturated rings. The number of furan rings is 1. The number of alkyl halides is 3. The van der Waals surface area contributed by atoms with Crippen LogP contribution in [-0.2, 0) is 12.6 Å². The molecular formula is C17H18F3N5O4. The first-order chi connectivity index (χ1) is 13.6. The Morgan fingerprint density at radius 3 is 2.45 bits per heavy atom. The number of halogens is 3. The molecule has 0 saturated carbocycles. The molecule has 0 N–H and O–H groups in total. The Hall–Kier alpha value is -3.18. The summed E-state index contributed by atoms with van der Waals surface area (Å²) in [5, 5.41) is 10.7. The van der Waals surface area contributed by atoms with Gasteiger partial charge in [-0.25, -0.2) is 9.97 Å². The Bertz CT molecular complexity index is 876. The number of anilines is 1. The molecule has 3 heterocycles. The molecule has 1 amide bonds. The maximum atomic E-state index is 12.6. The van der Waals surface area contributed by atoms with Crippen LogP contribution in [0, 0.1) is 10.1 Å². The number of carbonyl (C=O) groups is 1. The third-order valence-corrected chi connectivity index (χ3v) is 4.57. The molecule has 0 aliphatic carbocycles. The lowest BCUT2D eigenvalue weighted by Gasteiger charge is -2.34. The van der Waals surface area contributed by atoms with Crippen molar-refractivity contribution in [3.05, 3.63) is 51.7 Å². The van der Waals surface area contributed by atoms with Crippen molar-refractivity contribution >= 4 is 11.9 Å². The topological polar surface area (TPSA) is 106 Å². The molecule has 2 aromatic rings. The first-order valence-corrected chi connectivity index (χ1v) is 8.79. The maximum Gasteiger partial charge on any atom is 0.419 e. The van der Waals surface area contributed by atoms with Gasteiger partial charge in [-0.1, -0.05) is 0 Å². The van der Waals surface area contributed by atoms with Gasteiger partial charge in [0.15, 0.2) is 0 Å². The highest BCUT2D eigenvalue weighted by Gasteiger charge is 2.32.